The highest BCUT2D eigenvalue weighted by Gasteiger charge is 2.20. The van der Waals surface area contributed by atoms with Crippen LogP contribution in [0.15, 0.2) is 24.4 Å². The highest BCUT2D eigenvalue weighted by atomic mass is 19.1. The first-order chi connectivity index (χ1) is 8.52. The van der Waals surface area contributed by atoms with E-state index in [1.54, 1.807) is 20.0 Å². The summed E-state index contributed by atoms with van der Waals surface area (Å²) in [6.07, 6.45) is 0.548. The normalized spacial score (nSPS) is 12.5. The fourth-order valence-electron chi connectivity index (χ4n) is 1.98. The smallest absolute Gasteiger partial charge is 0.162 e. The summed E-state index contributed by atoms with van der Waals surface area (Å²) in [7, 11) is 3.21. The van der Waals surface area contributed by atoms with Crippen molar-refractivity contribution < 1.29 is 14.2 Å². The van der Waals surface area contributed by atoms with Crippen LogP contribution in [0.1, 0.15) is 22.9 Å². The summed E-state index contributed by atoms with van der Waals surface area (Å²) >= 11 is 0. The number of benzene rings is 1. The Morgan fingerprint density at radius 3 is 2.72 bits per heavy atom. The number of aromatic nitrogens is 2. The predicted molar refractivity (Wildman–Crippen MR) is 65.0 cm³/mol. The molecule has 4 nitrogen and oxygen atoms in total. The molecule has 18 heavy (non-hydrogen) atoms. The van der Waals surface area contributed by atoms with E-state index in [0.29, 0.717) is 17.0 Å². The standard InChI is InChI=1S/C13H15FN2O2/c1-8-4-9(6-10(14)5-8)13(17)12-11(18-3)7-15-16(12)2/h4-7,13,17H,1-3H3. The Labute approximate surface area is 105 Å². The van der Waals surface area contributed by atoms with Gasteiger partial charge in [-0.2, -0.15) is 5.10 Å². The molecule has 1 aromatic carbocycles. The average Bonchev–Trinajstić information content (AvgIpc) is 2.68. The lowest BCUT2D eigenvalue weighted by atomic mass is 10.0. The van der Waals surface area contributed by atoms with Gasteiger partial charge in [-0.05, 0) is 30.2 Å². The van der Waals surface area contributed by atoms with Crippen LogP contribution >= 0.6 is 0 Å². The maximum Gasteiger partial charge on any atom is 0.162 e. The van der Waals surface area contributed by atoms with Crippen molar-refractivity contribution in [3.8, 4) is 5.75 Å². The van der Waals surface area contributed by atoms with E-state index in [0.717, 1.165) is 5.56 Å². The van der Waals surface area contributed by atoms with E-state index in [1.165, 1.54) is 30.1 Å². The van der Waals surface area contributed by atoms with Gasteiger partial charge in [-0.3, -0.25) is 4.68 Å². The van der Waals surface area contributed by atoms with Gasteiger partial charge in [-0.1, -0.05) is 6.07 Å². The van der Waals surface area contributed by atoms with Gasteiger partial charge >= 0.3 is 0 Å². The molecule has 0 spiro atoms. The minimum Gasteiger partial charge on any atom is -0.493 e. The molecular formula is C13H15FN2O2. The maximum atomic E-state index is 13.3. The lowest BCUT2D eigenvalue weighted by molar-refractivity contribution is 0.204. The summed E-state index contributed by atoms with van der Waals surface area (Å²) in [6, 6.07) is 4.46. The Bertz CT molecular complexity index is 546. The van der Waals surface area contributed by atoms with Crippen LogP contribution in [0.25, 0.3) is 0 Å². The van der Waals surface area contributed by atoms with Crippen LogP contribution in [0.2, 0.25) is 0 Å². The van der Waals surface area contributed by atoms with Crippen LogP contribution in [-0.2, 0) is 7.05 Å². The molecule has 1 aromatic heterocycles. The first-order valence-corrected chi connectivity index (χ1v) is 5.54. The van der Waals surface area contributed by atoms with E-state index in [4.69, 9.17) is 4.74 Å². The largest absolute Gasteiger partial charge is 0.493 e. The third-order valence-corrected chi connectivity index (χ3v) is 2.81. The molecule has 1 atom stereocenters. The first-order valence-electron chi connectivity index (χ1n) is 5.54. The van der Waals surface area contributed by atoms with Gasteiger partial charge in [0.25, 0.3) is 0 Å². The molecule has 0 radical (unpaired) electrons. The number of halogens is 1. The summed E-state index contributed by atoms with van der Waals surface area (Å²) in [5.41, 5.74) is 1.74. The number of aliphatic hydroxyl groups is 1. The fraction of sp³-hybridized carbons (Fsp3) is 0.308. The van der Waals surface area contributed by atoms with Gasteiger partial charge in [0.2, 0.25) is 0 Å². The van der Waals surface area contributed by atoms with Crippen molar-refractivity contribution in [2.75, 3.05) is 7.11 Å². The summed E-state index contributed by atoms with van der Waals surface area (Å²) in [6.45, 7) is 1.78. The zero-order chi connectivity index (χ0) is 13.3. The number of methoxy groups -OCH3 is 1. The zero-order valence-electron chi connectivity index (χ0n) is 10.5. The molecule has 0 amide bonds. The van der Waals surface area contributed by atoms with E-state index in [2.05, 4.69) is 5.10 Å². The van der Waals surface area contributed by atoms with Crippen molar-refractivity contribution in [3.63, 3.8) is 0 Å². The van der Waals surface area contributed by atoms with E-state index >= 15 is 0 Å². The van der Waals surface area contributed by atoms with Gasteiger partial charge in [-0.15, -0.1) is 0 Å². The quantitative estimate of drug-likeness (QED) is 0.905. The number of ether oxygens (including phenoxy) is 1. The number of hydrogen-bond donors (Lipinski definition) is 1. The fourth-order valence-corrected chi connectivity index (χ4v) is 1.98. The van der Waals surface area contributed by atoms with Crippen LogP contribution in [0.5, 0.6) is 5.75 Å². The molecule has 1 unspecified atom stereocenters. The van der Waals surface area contributed by atoms with Gasteiger partial charge in [0, 0.05) is 7.05 Å². The summed E-state index contributed by atoms with van der Waals surface area (Å²) < 4.78 is 20.0. The molecule has 5 heteroatoms. The molecule has 0 aliphatic carbocycles. The number of rotatable bonds is 3. The molecule has 0 fully saturated rings. The third kappa shape index (κ3) is 2.22. The predicted octanol–water partition coefficient (Wildman–Crippen LogP) is 1.96. The Hall–Kier alpha value is -1.88. The van der Waals surface area contributed by atoms with Crippen LogP contribution in [0.4, 0.5) is 4.39 Å². The van der Waals surface area contributed by atoms with Crippen LogP contribution < -0.4 is 4.74 Å². The lowest BCUT2D eigenvalue weighted by Crippen LogP contribution is -2.08. The Morgan fingerprint density at radius 1 is 1.39 bits per heavy atom. The molecule has 2 aromatic rings. The number of hydrogen-bond acceptors (Lipinski definition) is 3. The average molecular weight is 250 g/mol. The monoisotopic (exact) mass is 250 g/mol. The maximum absolute atomic E-state index is 13.3. The van der Waals surface area contributed by atoms with Gasteiger partial charge in [-0.25, -0.2) is 4.39 Å². The Kier molecular flexibility index (Phi) is 3.34. The second-order valence-electron chi connectivity index (χ2n) is 4.19. The SMILES string of the molecule is COc1cnn(C)c1C(O)c1cc(C)cc(F)c1. The van der Waals surface area contributed by atoms with Crippen molar-refractivity contribution in [1.82, 2.24) is 9.78 Å². The third-order valence-electron chi connectivity index (χ3n) is 2.81. The van der Waals surface area contributed by atoms with Crippen molar-refractivity contribution in [3.05, 3.63) is 47.0 Å². The molecule has 0 aliphatic rings. The molecule has 0 saturated heterocycles. The van der Waals surface area contributed by atoms with Crippen molar-refractivity contribution in [1.29, 1.82) is 0 Å². The molecule has 96 valence electrons. The molecule has 2 rings (SSSR count). The van der Waals surface area contributed by atoms with Crippen molar-refractivity contribution in [2.45, 2.75) is 13.0 Å². The van der Waals surface area contributed by atoms with E-state index in [9.17, 15) is 9.50 Å². The number of aryl methyl sites for hydroxylation is 2. The topological polar surface area (TPSA) is 47.3 Å². The summed E-state index contributed by atoms with van der Waals surface area (Å²) in [5.74, 6) is 0.108. The van der Waals surface area contributed by atoms with Crippen LogP contribution in [0.3, 0.4) is 0 Å². The van der Waals surface area contributed by atoms with Gasteiger partial charge in [0.1, 0.15) is 17.6 Å². The molecular weight excluding hydrogens is 235 g/mol. The van der Waals surface area contributed by atoms with Gasteiger partial charge in [0.15, 0.2) is 5.75 Å². The molecule has 0 aliphatic heterocycles. The summed E-state index contributed by atoms with van der Waals surface area (Å²) in [5, 5.41) is 14.3. The zero-order valence-corrected chi connectivity index (χ0v) is 10.5. The molecule has 1 N–H and O–H groups in total. The van der Waals surface area contributed by atoms with Crippen LogP contribution in [-0.4, -0.2) is 22.0 Å². The number of nitrogens with zero attached hydrogens (tertiary/aromatic N) is 2. The molecule has 0 bridgehead atoms. The highest BCUT2D eigenvalue weighted by Crippen LogP contribution is 2.30. The lowest BCUT2D eigenvalue weighted by Gasteiger charge is -2.14. The van der Waals surface area contributed by atoms with Gasteiger partial charge < -0.3 is 9.84 Å². The van der Waals surface area contributed by atoms with Gasteiger partial charge in [0.05, 0.1) is 13.3 Å². The minimum absolute atomic E-state index is 0.370. The number of aliphatic hydroxyl groups excluding tert-OH is 1. The summed E-state index contributed by atoms with van der Waals surface area (Å²) in [4.78, 5) is 0. The molecule has 1 heterocycles. The van der Waals surface area contributed by atoms with E-state index in [-0.39, 0.29) is 5.82 Å². The van der Waals surface area contributed by atoms with Crippen molar-refractivity contribution in [2.24, 2.45) is 7.05 Å². The van der Waals surface area contributed by atoms with Crippen molar-refractivity contribution >= 4 is 0 Å². The minimum atomic E-state index is -0.971. The second-order valence-corrected chi connectivity index (χ2v) is 4.19. The first kappa shape index (κ1) is 12.6. The second kappa shape index (κ2) is 4.78. The van der Waals surface area contributed by atoms with E-state index in [1.807, 2.05) is 0 Å². The Morgan fingerprint density at radius 2 is 2.11 bits per heavy atom. The Balaban J connectivity index is 2.47. The van der Waals surface area contributed by atoms with Crippen LogP contribution in [0, 0.1) is 12.7 Å². The van der Waals surface area contributed by atoms with E-state index < -0.39 is 6.10 Å². The highest BCUT2D eigenvalue weighted by molar-refractivity contribution is 5.36. The molecule has 0 saturated carbocycles.